The van der Waals surface area contributed by atoms with Crippen LogP contribution in [0.2, 0.25) is 0 Å². The van der Waals surface area contributed by atoms with Crippen LogP contribution in [-0.2, 0) is 9.47 Å². The van der Waals surface area contributed by atoms with Crippen LogP contribution in [-0.4, -0.2) is 56.4 Å². The lowest BCUT2D eigenvalue weighted by molar-refractivity contribution is -0.0317. The van der Waals surface area contributed by atoms with Gasteiger partial charge in [-0.3, -0.25) is 4.79 Å². The smallest absolute Gasteiger partial charge is 0.290 e. The van der Waals surface area contributed by atoms with Crippen LogP contribution in [0.15, 0.2) is 28.7 Å². The van der Waals surface area contributed by atoms with Crippen molar-refractivity contribution in [1.82, 2.24) is 4.90 Å². The number of benzene rings is 1. The van der Waals surface area contributed by atoms with Crippen molar-refractivity contribution < 1.29 is 23.4 Å². The standard InChI is InChI=1S/C18H21NO5/c1-21-13-5-3-4-11-10-15(24-16(11)13)18(20)19-8-9-23-14-7-6-12(19)17(14)22-2/h3-5,10,12,14,17H,6-9H2,1-2H3/t12-,14-,17-/m0/s1. The molecule has 128 valence electrons. The molecule has 2 aliphatic rings. The number of furan rings is 1. The van der Waals surface area contributed by atoms with Crippen molar-refractivity contribution in [1.29, 1.82) is 0 Å². The van der Waals surface area contributed by atoms with Gasteiger partial charge >= 0.3 is 0 Å². The van der Waals surface area contributed by atoms with Gasteiger partial charge in [-0.15, -0.1) is 0 Å². The summed E-state index contributed by atoms with van der Waals surface area (Å²) in [6.07, 6.45) is 1.81. The van der Waals surface area contributed by atoms with E-state index in [1.165, 1.54) is 0 Å². The van der Waals surface area contributed by atoms with Gasteiger partial charge in [0.1, 0.15) is 6.10 Å². The second-order valence-electron chi connectivity index (χ2n) is 6.24. The summed E-state index contributed by atoms with van der Waals surface area (Å²) in [7, 11) is 3.27. The van der Waals surface area contributed by atoms with Crippen molar-refractivity contribution in [2.75, 3.05) is 27.4 Å². The fourth-order valence-corrected chi connectivity index (χ4v) is 3.90. The molecule has 2 fully saturated rings. The highest BCUT2D eigenvalue weighted by Crippen LogP contribution is 2.34. The second-order valence-corrected chi connectivity index (χ2v) is 6.24. The van der Waals surface area contributed by atoms with E-state index in [0.717, 1.165) is 18.2 Å². The molecule has 0 unspecified atom stereocenters. The fraction of sp³-hybridized carbons (Fsp3) is 0.500. The number of amides is 1. The van der Waals surface area contributed by atoms with E-state index in [2.05, 4.69) is 0 Å². The van der Waals surface area contributed by atoms with Crippen LogP contribution in [0.25, 0.3) is 11.0 Å². The molecule has 1 aromatic heterocycles. The Morgan fingerprint density at radius 1 is 1.29 bits per heavy atom. The lowest BCUT2D eigenvalue weighted by Gasteiger charge is -2.29. The minimum Gasteiger partial charge on any atom is -0.493 e. The summed E-state index contributed by atoms with van der Waals surface area (Å²) < 4.78 is 22.6. The van der Waals surface area contributed by atoms with Crippen LogP contribution in [0, 0.1) is 0 Å². The van der Waals surface area contributed by atoms with E-state index in [0.29, 0.717) is 30.2 Å². The van der Waals surface area contributed by atoms with Crippen molar-refractivity contribution >= 4 is 16.9 Å². The predicted molar refractivity (Wildman–Crippen MR) is 87.4 cm³/mol. The first-order chi connectivity index (χ1) is 11.7. The zero-order valence-corrected chi connectivity index (χ0v) is 13.9. The van der Waals surface area contributed by atoms with E-state index in [1.807, 2.05) is 23.1 Å². The lowest BCUT2D eigenvalue weighted by Crippen LogP contribution is -2.46. The van der Waals surface area contributed by atoms with Crippen molar-refractivity contribution in [2.24, 2.45) is 0 Å². The molecule has 6 heteroatoms. The summed E-state index contributed by atoms with van der Waals surface area (Å²) in [5, 5.41) is 0.858. The maximum absolute atomic E-state index is 13.1. The van der Waals surface area contributed by atoms with E-state index in [9.17, 15) is 4.79 Å². The van der Waals surface area contributed by atoms with Crippen LogP contribution < -0.4 is 4.74 Å². The molecule has 24 heavy (non-hydrogen) atoms. The zero-order chi connectivity index (χ0) is 16.7. The molecule has 1 amide bonds. The van der Waals surface area contributed by atoms with Gasteiger partial charge in [0.15, 0.2) is 17.1 Å². The van der Waals surface area contributed by atoms with E-state index < -0.39 is 0 Å². The van der Waals surface area contributed by atoms with E-state index in [-0.39, 0.29) is 24.2 Å². The summed E-state index contributed by atoms with van der Waals surface area (Å²) >= 11 is 0. The molecule has 6 nitrogen and oxygen atoms in total. The van der Waals surface area contributed by atoms with Gasteiger partial charge in [0.05, 0.1) is 25.9 Å². The van der Waals surface area contributed by atoms with Crippen LogP contribution >= 0.6 is 0 Å². The Morgan fingerprint density at radius 3 is 2.96 bits per heavy atom. The third-order valence-corrected chi connectivity index (χ3v) is 5.03. The Bertz CT molecular complexity index is 755. The Morgan fingerprint density at radius 2 is 2.17 bits per heavy atom. The largest absolute Gasteiger partial charge is 0.493 e. The number of rotatable bonds is 3. The van der Waals surface area contributed by atoms with Crippen molar-refractivity contribution in [3.05, 3.63) is 30.0 Å². The molecule has 0 radical (unpaired) electrons. The molecule has 0 spiro atoms. The molecule has 2 bridgehead atoms. The van der Waals surface area contributed by atoms with Crippen LogP contribution in [0.3, 0.4) is 0 Å². The van der Waals surface area contributed by atoms with Gasteiger partial charge in [-0.25, -0.2) is 0 Å². The Kier molecular flexibility index (Phi) is 3.94. The predicted octanol–water partition coefficient (Wildman–Crippen LogP) is 2.46. The second kappa shape index (κ2) is 6.11. The highest BCUT2D eigenvalue weighted by molar-refractivity contribution is 5.97. The molecule has 1 saturated carbocycles. The topological polar surface area (TPSA) is 61.1 Å². The summed E-state index contributed by atoms with van der Waals surface area (Å²) in [6, 6.07) is 7.42. The number of nitrogens with zero attached hydrogens (tertiary/aromatic N) is 1. The molecule has 1 saturated heterocycles. The number of methoxy groups -OCH3 is 2. The van der Waals surface area contributed by atoms with Crippen LogP contribution in [0.1, 0.15) is 23.4 Å². The Labute approximate surface area is 140 Å². The van der Waals surface area contributed by atoms with Gasteiger partial charge < -0.3 is 23.5 Å². The summed E-state index contributed by atoms with van der Waals surface area (Å²) in [4.78, 5) is 14.9. The molecular formula is C18H21NO5. The van der Waals surface area contributed by atoms with Gasteiger partial charge in [0.2, 0.25) is 0 Å². The Balaban J connectivity index is 1.67. The Hall–Kier alpha value is -2.05. The molecule has 1 aliphatic carbocycles. The number of hydrogen-bond donors (Lipinski definition) is 0. The highest BCUT2D eigenvalue weighted by atomic mass is 16.5. The molecular weight excluding hydrogens is 310 g/mol. The quantitative estimate of drug-likeness (QED) is 0.864. The molecule has 1 aliphatic heterocycles. The van der Waals surface area contributed by atoms with Crippen LogP contribution in [0.4, 0.5) is 0 Å². The van der Waals surface area contributed by atoms with Gasteiger partial charge in [-0.1, -0.05) is 12.1 Å². The van der Waals surface area contributed by atoms with Gasteiger partial charge in [-0.2, -0.15) is 0 Å². The molecule has 3 atom stereocenters. The monoisotopic (exact) mass is 331 g/mol. The zero-order valence-electron chi connectivity index (χ0n) is 13.9. The number of para-hydroxylation sites is 1. The molecule has 1 aromatic carbocycles. The summed E-state index contributed by atoms with van der Waals surface area (Å²) in [5.41, 5.74) is 0.599. The lowest BCUT2D eigenvalue weighted by atomic mass is 10.1. The molecule has 4 rings (SSSR count). The highest BCUT2D eigenvalue weighted by Gasteiger charge is 2.44. The van der Waals surface area contributed by atoms with Crippen molar-refractivity contribution in [3.63, 3.8) is 0 Å². The average molecular weight is 331 g/mol. The molecule has 2 aromatic rings. The first-order valence-corrected chi connectivity index (χ1v) is 8.25. The number of hydrogen-bond acceptors (Lipinski definition) is 5. The van der Waals surface area contributed by atoms with Gasteiger partial charge in [-0.05, 0) is 25.0 Å². The normalized spacial score (nSPS) is 26.6. The minimum absolute atomic E-state index is 0.0325. The fourth-order valence-electron chi connectivity index (χ4n) is 3.90. The van der Waals surface area contributed by atoms with Crippen molar-refractivity contribution in [3.8, 4) is 5.75 Å². The first-order valence-electron chi connectivity index (χ1n) is 8.25. The summed E-state index contributed by atoms with van der Waals surface area (Å²) in [5.74, 6) is 0.836. The SMILES string of the molecule is COc1cccc2cc(C(=O)N3CCO[C@H]4CC[C@H]3[C@@H]4OC)oc12. The van der Waals surface area contributed by atoms with Crippen molar-refractivity contribution in [2.45, 2.75) is 31.1 Å². The number of ether oxygens (including phenoxy) is 3. The number of carbonyl (C=O) groups excluding carboxylic acids is 1. The van der Waals surface area contributed by atoms with Gasteiger partial charge in [0.25, 0.3) is 5.91 Å². The maximum Gasteiger partial charge on any atom is 0.290 e. The van der Waals surface area contributed by atoms with E-state index in [1.54, 1.807) is 20.3 Å². The van der Waals surface area contributed by atoms with E-state index >= 15 is 0 Å². The van der Waals surface area contributed by atoms with Crippen LogP contribution in [0.5, 0.6) is 5.75 Å². The van der Waals surface area contributed by atoms with Gasteiger partial charge in [0, 0.05) is 19.0 Å². The third kappa shape index (κ3) is 2.37. The number of fused-ring (bicyclic) bond motifs is 3. The summed E-state index contributed by atoms with van der Waals surface area (Å²) in [6.45, 7) is 1.07. The minimum atomic E-state index is -0.119. The number of carbonyl (C=O) groups is 1. The first kappa shape index (κ1) is 15.5. The third-order valence-electron chi connectivity index (χ3n) is 5.03. The molecule has 0 N–H and O–H groups in total. The van der Waals surface area contributed by atoms with E-state index in [4.69, 9.17) is 18.6 Å². The average Bonchev–Trinajstić information content (AvgIpc) is 3.14. The molecule has 2 heterocycles. The maximum atomic E-state index is 13.1.